The number of rotatable bonds is 1. The van der Waals surface area contributed by atoms with Crippen LogP contribution in [-0.4, -0.2) is 21.4 Å². The molecular weight excluding hydrogens is 302 g/mol. The van der Waals surface area contributed by atoms with Crippen molar-refractivity contribution in [1.29, 1.82) is 0 Å². The van der Waals surface area contributed by atoms with Crippen LogP contribution >= 0.6 is 31.9 Å². The Hall–Kier alpha value is 0.0600. The Balaban J connectivity index is 2.22. The number of halogens is 2. The van der Waals surface area contributed by atoms with Crippen molar-refractivity contribution in [3.8, 4) is 0 Å². The van der Waals surface area contributed by atoms with E-state index in [1.807, 2.05) is 4.57 Å². The highest BCUT2D eigenvalue weighted by atomic mass is 79.9. The molecule has 0 amide bonds. The lowest BCUT2D eigenvalue weighted by Gasteiger charge is -2.24. The van der Waals surface area contributed by atoms with E-state index in [-0.39, 0.29) is 6.23 Å². The van der Waals surface area contributed by atoms with Gasteiger partial charge in [-0.25, -0.2) is 0 Å². The number of ether oxygens (including phenoxy) is 1. The van der Waals surface area contributed by atoms with Crippen molar-refractivity contribution < 1.29 is 4.74 Å². The maximum atomic E-state index is 5.61. The lowest BCUT2D eigenvalue weighted by atomic mass is 10.2. The van der Waals surface area contributed by atoms with Gasteiger partial charge in [0.15, 0.2) is 0 Å². The van der Waals surface area contributed by atoms with Gasteiger partial charge in [-0.1, -0.05) is 0 Å². The molecule has 2 heterocycles. The number of aromatic nitrogens is 3. The van der Waals surface area contributed by atoms with E-state index in [0.29, 0.717) is 9.47 Å². The van der Waals surface area contributed by atoms with Gasteiger partial charge in [-0.3, -0.25) is 4.57 Å². The van der Waals surface area contributed by atoms with Gasteiger partial charge in [-0.15, -0.1) is 10.2 Å². The van der Waals surface area contributed by atoms with Crippen LogP contribution in [0.3, 0.4) is 0 Å². The smallest absolute Gasteiger partial charge is 0.202 e. The Bertz CT molecular complexity index is 276. The van der Waals surface area contributed by atoms with Crippen molar-refractivity contribution in [1.82, 2.24) is 14.8 Å². The maximum Gasteiger partial charge on any atom is 0.202 e. The molecule has 13 heavy (non-hydrogen) atoms. The first-order valence-corrected chi connectivity index (χ1v) is 5.75. The molecule has 4 nitrogen and oxygen atoms in total. The van der Waals surface area contributed by atoms with Crippen molar-refractivity contribution >= 4 is 31.9 Å². The number of hydrogen-bond acceptors (Lipinski definition) is 3. The summed E-state index contributed by atoms with van der Waals surface area (Å²) >= 11 is 6.66. The normalized spacial score (nSPS) is 23.4. The fourth-order valence-electron chi connectivity index (χ4n) is 1.42. The van der Waals surface area contributed by atoms with Crippen LogP contribution in [0.5, 0.6) is 0 Å². The SMILES string of the molecule is Brc1nnc(Br)n1C1CCCCO1. The van der Waals surface area contributed by atoms with Crippen LogP contribution in [0.2, 0.25) is 0 Å². The van der Waals surface area contributed by atoms with Gasteiger partial charge in [0.25, 0.3) is 0 Å². The zero-order chi connectivity index (χ0) is 9.26. The van der Waals surface area contributed by atoms with E-state index >= 15 is 0 Å². The van der Waals surface area contributed by atoms with E-state index in [1.165, 1.54) is 6.42 Å². The van der Waals surface area contributed by atoms with Crippen LogP contribution in [0.1, 0.15) is 25.5 Å². The molecule has 0 aliphatic carbocycles. The van der Waals surface area contributed by atoms with Crippen LogP contribution in [-0.2, 0) is 4.74 Å². The van der Waals surface area contributed by atoms with Crippen LogP contribution < -0.4 is 0 Å². The molecule has 1 aliphatic heterocycles. The van der Waals surface area contributed by atoms with E-state index in [2.05, 4.69) is 42.1 Å². The van der Waals surface area contributed by atoms with Crippen LogP contribution in [0.15, 0.2) is 9.47 Å². The highest BCUT2D eigenvalue weighted by Crippen LogP contribution is 2.28. The standard InChI is InChI=1S/C7H9Br2N3O/c8-6-10-11-7(9)12(6)5-3-1-2-4-13-5/h5H,1-4H2. The zero-order valence-corrected chi connectivity index (χ0v) is 10.1. The van der Waals surface area contributed by atoms with Crippen LogP contribution in [0.4, 0.5) is 0 Å². The van der Waals surface area contributed by atoms with Crippen molar-refractivity contribution in [2.24, 2.45) is 0 Å². The molecule has 2 rings (SSSR count). The molecule has 1 unspecified atom stereocenters. The van der Waals surface area contributed by atoms with Crippen LogP contribution in [0, 0.1) is 0 Å². The van der Waals surface area contributed by atoms with Gasteiger partial charge in [0.05, 0.1) is 0 Å². The molecule has 1 saturated heterocycles. The molecule has 1 aromatic rings. The molecule has 1 aliphatic rings. The predicted molar refractivity (Wildman–Crippen MR) is 54.3 cm³/mol. The van der Waals surface area contributed by atoms with E-state index in [4.69, 9.17) is 4.74 Å². The van der Waals surface area contributed by atoms with E-state index in [1.54, 1.807) is 0 Å². The summed E-state index contributed by atoms with van der Waals surface area (Å²) in [6.45, 7) is 0.821. The minimum absolute atomic E-state index is 0.0764. The maximum absolute atomic E-state index is 5.61. The summed E-state index contributed by atoms with van der Waals surface area (Å²) in [4.78, 5) is 0. The minimum Gasteiger partial charge on any atom is -0.358 e. The van der Waals surface area contributed by atoms with E-state index in [9.17, 15) is 0 Å². The Labute approximate surface area is 92.9 Å². The molecule has 1 aromatic heterocycles. The Morgan fingerprint density at radius 2 is 1.92 bits per heavy atom. The largest absolute Gasteiger partial charge is 0.358 e. The van der Waals surface area contributed by atoms with Gasteiger partial charge in [-0.05, 0) is 51.1 Å². The summed E-state index contributed by atoms with van der Waals surface area (Å²) in [7, 11) is 0. The number of hydrogen-bond donors (Lipinski definition) is 0. The van der Waals surface area contributed by atoms with Crippen molar-refractivity contribution in [2.45, 2.75) is 25.5 Å². The van der Waals surface area contributed by atoms with Crippen molar-refractivity contribution in [3.63, 3.8) is 0 Å². The minimum atomic E-state index is 0.0764. The van der Waals surface area contributed by atoms with E-state index < -0.39 is 0 Å². The molecule has 0 N–H and O–H groups in total. The second kappa shape index (κ2) is 4.06. The molecule has 0 aromatic carbocycles. The molecule has 1 atom stereocenters. The average molecular weight is 311 g/mol. The zero-order valence-electron chi connectivity index (χ0n) is 6.91. The van der Waals surface area contributed by atoms with Gasteiger partial charge in [-0.2, -0.15) is 0 Å². The van der Waals surface area contributed by atoms with Crippen LogP contribution in [0.25, 0.3) is 0 Å². The summed E-state index contributed by atoms with van der Waals surface area (Å²) in [5.41, 5.74) is 0. The average Bonchev–Trinajstić information content (AvgIpc) is 2.48. The molecule has 0 radical (unpaired) electrons. The first-order valence-electron chi connectivity index (χ1n) is 4.16. The summed E-state index contributed by atoms with van der Waals surface area (Å²) < 4.78 is 8.95. The summed E-state index contributed by atoms with van der Waals surface area (Å²) in [6, 6.07) is 0. The molecule has 0 spiro atoms. The summed E-state index contributed by atoms with van der Waals surface area (Å²) in [5.74, 6) is 0. The lowest BCUT2D eigenvalue weighted by molar-refractivity contribution is -0.0348. The fourth-order valence-corrected chi connectivity index (χ4v) is 2.61. The third kappa shape index (κ3) is 1.94. The highest BCUT2D eigenvalue weighted by molar-refractivity contribution is 9.11. The Morgan fingerprint density at radius 3 is 2.46 bits per heavy atom. The number of nitrogens with zero attached hydrogens (tertiary/aromatic N) is 3. The first kappa shape index (κ1) is 9.61. The quantitative estimate of drug-likeness (QED) is 0.800. The highest BCUT2D eigenvalue weighted by Gasteiger charge is 2.20. The predicted octanol–water partition coefficient (Wildman–Crippen LogP) is 2.50. The topological polar surface area (TPSA) is 39.9 Å². The summed E-state index contributed by atoms with van der Waals surface area (Å²) in [5, 5.41) is 7.79. The fraction of sp³-hybridized carbons (Fsp3) is 0.714. The molecule has 1 fully saturated rings. The van der Waals surface area contributed by atoms with Gasteiger partial charge in [0, 0.05) is 6.61 Å². The molecule has 0 bridgehead atoms. The third-order valence-corrected chi connectivity index (χ3v) is 3.14. The van der Waals surface area contributed by atoms with Gasteiger partial charge in [0.1, 0.15) is 6.23 Å². The second-order valence-corrected chi connectivity index (χ2v) is 4.35. The third-order valence-electron chi connectivity index (χ3n) is 2.06. The second-order valence-electron chi connectivity index (χ2n) is 2.93. The summed E-state index contributed by atoms with van der Waals surface area (Å²) in [6.07, 6.45) is 3.44. The first-order chi connectivity index (χ1) is 6.29. The molecule has 72 valence electrons. The monoisotopic (exact) mass is 309 g/mol. The van der Waals surface area contributed by atoms with E-state index in [0.717, 1.165) is 19.4 Å². The van der Waals surface area contributed by atoms with Gasteiger partial charge < -0.3 is 4.74 Å². The molecule has 0 saturated carbocycles. The Morgan fingerprint density at radius 1 is 1.23 bits per heavy atom. The lowest BCUT2D eigenvalue weighted by Crippen LogP contribution is -2.18. The van der Waals surface area contributed by atoms with Gasteiger partial charge in [0.2, 0.25) is 9.47 Å². The molecule has 6 heteroatoms. The van der Waals surface area contributed by atoms with Gasteiger partial charge >= 0.3 is 0 Å². The molecular formula is C7H9Br2N3O. The van der Waals surface area contributed by atoms with Crippen molar-refractivity contribution in [3.05, 3.63) is 9.47 Å². The Kier molecular flexibility index (Phi) is 3.00. The van der Waals surface area contributed by atoms with Crippen molar-refractivity contribution in [2.75, 3.05) is 6.61 Å².